The van der Waals surface area contributed by atoms with E-state index in [4.69, 9.17) is 11.5 Å². The number of hydrogen-bond acceptors (Lipinski definition) is 6. The fourth-order valence-electron chi connectivity index (χ4n) is 2.12. The fourth-order valence-corrected chi connectivity index (χ4v) is 2.12. The Morgan fingerprint density at radius 1 is 1.31 bits per heavy atom. The van der Waals surface area contributed by atoms with Gasteiger partial charge >= 0.3 is 5.97 Å². The van der Waals surface area contributed by atoms with Crippen LogP contribution in [0.2, 0.25) is 0 Å². The van der Waals surface area contributed by atoms with E-state index in [0.29, 0.717) is 0 Å². The van der Waals surface area contributed by atoms with Crippen molar-refractivity contribution < 1.29 is 19.7 Å². The topological polar surface area (TPSA) is 186 Å². The van der Waals surface area contributed by atoms with Gasteiger partial charge in [-0.3, -0.25) is 4.79 Å². The van der Waals surface area contributed by atoms with Crippen molar-refractivity contribution in [2.45, 2.75) is 31.3 Å². The average molecular weight is 366 g/mol. The molecule has 0 fully saturated rings. The van der Waals surface area contributed by atoms with E-state index < -0.39 is 29.0 Å². The molecule has 7 N–H and O–H groups in total. The summed E-state index contributed by atoms with van der Waals surface area (Å²) in [6.45, 7) is 0.0718. The van der Waals surface area contributed by atoms with Gasteiger partial charge in [0.25, 0.3) is 5.96 Å². The second kappa shape index (κ2) is 10.6. The molecule has 0 aliphatic heterocycles. The van der Waals surface area contributed by atoms with Crippen LogP contribution in [0.1, 0.15) is 18.4 Å². The van der Waals surface area contributed by atoms with Crippen molar-refractivity contribution in [1.29, 1.82) is 0 Å². The number of aliphatic imine (C=N–C) groups is 1. The first kappa shape index (κ1) is 20.8. The molecule has 0 saturated heterocycles. The van der Waals surface area contributed by atoms with Crippen LogP contribution < -0.4 is 22.2 Å². The molecule has 2 atom stereocenters. The summed E-state index contributed by atoms with van der Waals surface area (Å²) in [4.78, 5) is 37.2. The minimum atomic E-state index is -1.20. The number of nitrogens with zero attached hydrogens (tertiary/aromatic N) is 2. The van der Waals surface area contributed by atoms with Gasteiger partial charge in [0, 0.05) is 6.54 Å². The summed E-state index contributed by atoms with van der Waals surface area (Å²) in [6.07, 6.45) is 0.617. The number of hydrazine groups is 1. The Hall–Kier alpha value is -3.21. The molecule has 0 unspecified atom stereocenters. The number of carbonyl (C=O) groups excluding carboxylic acids is 1. The summed E-state index contributed by atoms with van der Waals surface area (Å²) < 4.78 is 0. The number of nitro groups is 1. The number of carboxylic acid groups (broad SMARTS) is 1. The van der Waals surface area contributed by atoms with Gasteiger partial charge in [-0.1, -0.05) is 35.8 Å². The molecule has 26 heavy (non-hydrogen) atoms. The summed E-state index contributed by atoms with van der Waals surface area (Å²) >= 11 is 0. The first-order chi connectivity index (χ1) is 12.3. The lowest BCUT2D eigenvalue weighted by atomic mass is 10.1. The van der Waals surface area contributed by atoms with Crippen molar-refractivity contribution in [3.05, 3.63) is 46.0 Å². The number of aliphatic carboxylic acids is 1. The van der Waals surface area contributed by atoms with Crippen LogP contribution in [0.3, 0.4) is 0 Å². The second-order valence-corrected chi connectivity index (χ2v) is 5.47. The average Bonchev–Trinajstić information content (AvgIpc) is 2.57. The van der Waals surface area contributed by atoms with Crippen LogP contribution in [-0.2, 0) is 16.0 Å². The monoisotopic (exact) mass is 366 g/mol. The molecule has 142 valence electrons. The smallest absolute Gasteiger partial charge is 0.326 e. The molecular formula is C15H22N6O5. The van der Waals surface area contributed by atoms with Gasteiger partial charge < -0.3 is 21.9 Å². The van der Waals surface area contributed by atoms with Gasteiger partial charge in [-0.05, 0) is 24.8 Å². The van der Waals surface area contributed by atoms with Gasteiger partial charge in [0.2, 0.25) is 5.91 Å². The zero-order valence-electron chi connectivity index (χ0n) is 14.0. The first-order valence-corrected chi connectivity index (χ1v) is 7.83. The number of nitrogens with two attached hydrogens (primary N) is 2. The summed E-state index contributed by atoms with van der Waals surface area (Å²) in [6, 6.07) is 7.11. The zero-order chi connectivity index (χ0) is 19.5. The maximum Gasteiger partial charge on any atom is 0.326 e. The van der Waals surface area contributed by atoms with Crippen LogP contribution in [0.5, 0.6) is 0 Å². The van der Waals surface area contributed by atoms with E-state index in [0.717, 1.165) is 5.56 Å². The van der Waals surface area contributed by atoms with Crippen molar-refractivity contribution >= 4 is 17.8 Å². The third kappa shape index (κ3) is 8.06. The predicted octanol–water partition coefficient (Wildman–Crippen LogP) is -0.998. The minimum absolute atomic E-state index is 0.0718. The quantitative estimate of drug-likeness (QED) is 0.115. The summed E-state index contributed by atoms with van der Waals surface area (Å²) in [5.41, 5.74) is 13.6. The lowest BCUT2D eigenvalue weighted by molar-refractivity contribution is -0.525. The van der Waals surface area contributed by atoms with E-state index in [9.17, 15) is 24.8 Å². The second-order valence-electron chi connectivity index (χ2n) is 5.47. The molecule has 1 aromatic rings. The highest BCUT2D eigenvalue weighted by atomic mass is 16.7. The number of carboxylic acids is 1. The Bertz CT molecular complexity index is 651. The van der Waals surface area contributed by atoms with E-state index in [1.54, 1.807) is 5.43 Å². The molecule has 1 rings (SSSR count). The zero-order valence-corrected chi connectivity index (χ0v) is 14.0. The maximum atomic E-state index is 12.1. The van der Waals surface area contributed by atoms with Gasteiger partial charge in [0.1, 0.15) is 6.04 Å². The molecule has 11 heteroatoms. The molecule has 0 aromatic heterocycles. The van der Waals surface area contributed by atoms with Gasteiger partial charge in [-0.2, -0.15) is 0 Å². The van der Waals surface area contributed by atoms with Crippen molar-refractivity contribution in [3.63, 3.8) is 0 Å². The molecule has 0 bridgehead atoms. The fraction of sp³-hybridized carbons (Fsp3) is 0.400. The normalized spacial score (nSPS) is 13.5. The van der Waals surface area contributed by atoms with Crippen LogP contribution in [0, 0.1) is 10.1 Å². The number of benzene rings is 1. The molecule has 0 spiro atoms. The Labute approximate surface area is 149 Å². The van der Waals surface area contributed by atoms with Crippen molar-refractivity contribution in [2.75, 3.05) is 6.54 Å². The molecular weight excluding hydrogens is 344 g/mol. The Kier molecular flexibility index (Phi) is 8.50. The van der Waals surface area contributed by atoms with E-state index in [2.05, 4.69) is 10.3 Å². The van der Waals surface area contributed by atoms with E-state index in [1.807, 2.05) is 30.3 Å². The highest BCUT2D eigenvalue weighted by Crippen LogP contribution is 2.04. The van der Waals surface area contributed by atoms with Crippen LogP contribution in [0.25, 0.3) is 0 Å². The highest BCUT2D eigenvalue weighted by Gasteiger charge is 2.23. The van der Waals surface area contributed by atoms with E-state index in [-0.39, 0.29) is 31.8 Å². The maximum absolute atomic E-state index is 12.1. The number of amides is 1. The summed E-state index contributed by atoms with van der Waals surface area (Å²) in [5.74, 6) is -2.15. The molecule has 0 saturated carbocycles. The predicted molar refractivity (Wildman–Crippen MR) is 93.5 cm³/mol. The Morgan fingerprint density at radius 2 is 1.96 bits per heavy atom. The van der Waals surface area contributed by atoms with Crippen LogP contribution in [0.15, 0.2) is 35.3 Å². The SMILES string of the molecule is NC(=NCCC[C@H](NC(=O)[C@@H](N)Cc1ccccc1)C(=O)O)N[N+](=O)[O-]. The summed E-state index contributed by atoms with van der Waals surface area (Å²) in [5, 5.41) is 20.9. The molecule has 0 aliphatic carbocycles. The number of carbonyl (C=O) groups is 2. The highest BCUT2D eigenvalue weighted by molar-refractivity contribution is 5.87. The van der Waals surface area contributed by atoms with Gasteiger partial charge in [-0.15, -0.1) is 0 Å². The number of rotatable bonds is 10. The molecule has 11 nitrogen and oxygen atoms in total. The molecule has 0 aliphatic rings. The molecule has 1 amide bonds. The van der Waals surface area contributed by atoms with Gasteiger partial charge in [0.15, 0.2) is 5.03 Å². The van der Waals surface area contributed by atoms with Crippen molar-refractivity contribution in [1.82, 2.24) is 10.7 Å². The van der Waals surface area contributed by atoms with Crippen LogP contribution >= 0.6 is 0 Å². The van der Waals surface area contributed by atoms with Crippen molar-refractivity contribution in [3.8, 4) is 0 Å². The third-order valence-corrected chi connectivity index (χ3v) is 3.39. The molecule has 1 aromatic carbocycles. The van der Waals surface area contributed by atoms with Gasteiger partial charge in [0.05, 0.1) is 6.04 Å². The standard InChI is InChI=1S/C15H22N6O5/c16-11(9-10-5-2-1-3-6-10)13(22)19-12(14(23)24)7-4-8-18-15(17)20-21(25)26/h1-3,5-6,11-12H,4,7-9,16H2,(H,19,22)(H,23,24)(H3,17,18,20)/t11-,12-/m0/s1. The lowest BCUT2D eigenvalue weighted by Crippen LogP contribution is -2.49. The van der Waals surface area contributed by atoms with Crippen LogP contribution in [-0.4, -0.2) is 46.6 Å². The largest absolute Gasteiger partial charge is 0.480 e. The molecule has 0 heterocycles. The molecule has 0 radical (unpaired) electrons. The van der Waals surface area contributed by atoms with E-state index >= 15 is 0 Å². The Morgan fingerprint density at radius 3 is 2.54 bits per heavy atom. The number of nitrogens with one attached hydrogen (secondary N) is 2. The third-order valence-electron chi connectivity index (χ3n) is 3.39. The van der Waals surface area contributed by atoms with Gasteiger partial charge in [-0.25, -0.2) is 19.9 Å². The Balaban J connectivity index is 2.47. The first-order valence-electron chi connectivity index (χ1n) is 7.83. The lowest BCUT2D eigenvalue weighted by Gasteiger charge is -2.17. The van der Waals surface area contributed by atoms with Crippen LogP contribution in [0.4, 0.5) is 0 Å². The van der Waals surface area contributed by atoms with E-state index in [1.165, 1.54) is 0 Å². The minimum Gasteiger partial charge on any atom is -0.480 e. The number of hydrogen-bond donors (Lipinski definition) is 5. The van der Waals surface area contributed by atoms with Crippen molar-refractivity contribution in [2.24, 2.45) is 16.5 Å². The number of guanidine groups is 1. The summed E-state index contributed by atoms with van der Waals surface area (Å²) in [7, 11) is 0.